The van der Waals surface area contributed by atoms with Crippen LogP contribution in [0.3, 0.4) is 0 Å². The summed E-state index contributed by atoms with van der Waals surface area (Å²) < 4.78 is 12.8. The maximum atomic E-state index is 6.41. The first-order valence-electron chi connectivity index (χ1n) is 13.6. The topological polar surface area (TPSA) is 18.5 Å². The van der Waals surface area contributed by atoms with Crippen molar-refractivity contribution in [1.29, 1.82) is 0 Å². The standard InChI is InChI=1S/C38H22O2/c1-2-8-23(9-3-1)26-18-14-24-17-21-30-28(19-15-25-16-20-29(26)36(24)37(25)30)32-22-35-38(31-11-5-4-10-27(31)32)40-34-13-7-6-12-33(34)39-35/h1-22H. The molecule has 40 heavy (non-hydrogen) atoms. The molecule has 186 valence electrons. The predicted molar refractivity (Wildman–Crippen MR) is 165 cm³/mol. The van der Waals surface area contributed by atoms with E-state index in [1.54, 1.807) is 0 Å². The molecular weight excluding hydrogens is 488 g/mol. The fraction of sp³-hybridized carbons (Fsp3) is 0. The van der Waals surface area contributed by atoms with Crippen LogP contribution >= 0.6 is 0 Å². The van der Waals surface area contributed by atoms with Gasteiger partial charge in [0.2, 0.25) is 0 Å². The monoisotopic (exact) mass is 510 g/mol. The van der Waals surface area contributed by atoms with Crippen molar-refractivity contribution in [2.45, 2.75) is 0 Å². The van der Waals surface area contributed by atoms with E-state index in [0.717, 1.165) is 39.3 Å². The third-order valence-corrected chi connectivity index (χ3v) is 8.28. The molecule has 0 aromatic heterocycles. The van der Waals surface area contributed by atoms with E-state index in [-0.39, 0.29) is 0 Å². The summed E-state index contributed by atoms with van der Waals surface area (Å²) in [5, 5.41) is 9.83. The van der Waals surface area contributed by atoms with Crippen LogP contribution in [0.25, 0.3) is 65.3 Å². The van der Waals surface area contributed by atoms with Crippen LogP contribution in [-0.2, 0) is 0 Å². The van der Waals surface area contributed by atoms with Crippen LogP contribution in [0.5, 0.6) is 23.0 Å². The molecule has 0 bridgehead atoms. The molecule has 1 heterocycles. The zero-order valence-corrected chi connectivity index (χ0v) is 21.5. The molecule has 0 aliphatic carbocycles. The van der Waals surface area contributed by atoms with Crippen LogP contribution in [-0.4, -0.2) is 0 Å². The molecule has 2 nitrogen and oxygen atoms in total. The van der Waals surface area contributed by atoms with Crippen molar-refractivity contribution < 1.29 is 9.47 Å². The minimum absolute atomic E-state index is 0.736. The molecule has 0 spiro atoms. The number of benzene rings is 8. The lowest BCUT2D eigenvalue weighted by Gasteiger charge is -2.24. The van der Waals surface area contributed by atoms with Gasteiger partial charge in [0.1, 0.15) is 0 Å². The Kier molecular flexibility index (Phi) is 4.36. The summed E-state index contributed by atoms with van der Waals surface area (Å²) in [6, 6.07) is 47.2. The average molecular weight is 511 g/mol. The minimum Gasteiger partial charge on any atom is -0.449 e. The van der Waals surface area contributed by atoms with E-state index in [4.69, 9.17) is 9.47 Å². The third kappa shape index (κ3) is 2.99. The minimum atomic E-state index is 0.736. The van der Waals surface area contributed by atoms with Gasteiger partial charge in [-0.1, -0.05) is 115 Å². The molecule has 2 heteroatoms. The van der Waals surface area contributed by atoms with Gasteiger partial charge in [0.25, 0.3) is 0 Å². The number of para-hydroxylation sites is 2. The number of hydrogen-bond acceptors (Lipinski definition) is 2. The van der Waals surface area contributed by atoms with E-state index >= 15 is 0 Å². The first-order chi connectivity index (χ1) is 19.8. The molecule has 0 atom stereocenters. The van der Waals surface area contributed by atoms with Crippen molar-refractivity contribution in [3.05, 3.63) is 133 Å². The summed E-state index contributed by atoms with van der Waals surface area (Å²) in [7, 11) is 0. The van der Waals surface area contributed by atoms with E-state index in [1.807, 2.05) is 24.3 Å². The van der Waals surface area contributed by atoms with Crippen molar-refractivity contribution >= 4 is 43.1 Å². The lowest BCUT2D eigenvalue weighted by atomic mass is 9.86. The van der Waals surface area contributed by atoms with Gasteiger partial charge in [-0.15, -0.1) is 0 Å². The SMILES string of the molecule is c1ccc(-c2ccc3ccc4c(-c5cc6c(c7ccccc57)Oc5ccccc5O6)ccc5ccc2c3c54)cc1. The van der Waals surface area contributed by atoms with Gasteiger partial charge in [0, 0.05) is 5.39 Å². The molecule has 0 radical (unpaired) electrons. The van der Waals surface area contributed by atoms with Crippen molar-refractivity contribution in [2.75, 3.05) is 0 Å². The normalized spacial score (nSPS) is 12.4. The largest absolute Gasteiger partial charge is 0.449 e. The Labute approximate surface area is 231 Å². The second-order valence-corrected chi connectivity index (χ2v) is 10.5. The Morgan fingerprint density at radius 1 is 0.350 bits per heavy atom. The van der Waals surface area contributed by atoms with E-state index in [9.17, 15) is 0 Å². The Morgan fingerprint density at radius 2 is 0.925 bits per heavy atom. The predicted octanol–water partition coefficient (Wildman–Crippen LogP) is 11.0. The summed E-state index contributed by atoms with van der Waals surface area (Å²) in [6.45, 7) is 0. The summed E-state index contributed by atoms with van der Waals surface area (Å²) >= 11 is 0. The van der Waals surface area contributed by atoms with Crippen LogP contribution in [0.15, 0.2) is 133 Å². The van der Waals surface area contributed by atoms with E-state index in [2.05, 4.69) is 109 Å². The highest BCUT2D eigenvalue weighted by Crippen LogP contribution is 2.52. The molecule has 8 aromatic carbocycles. The number of ether oxygens (including phenoxy) is 2. The molecule has 8 aromatic rings. The fourth-order valence-corrected chi connectivity index (χ4v) is 6.48. The van der Waals surface area contributed by atoms with Gasteiger partial charge in [0.05, 0.1) is 0 Å². The number of rotatable bonds is 2. The summed E-state index contributed by atoms with van der Waals surface area (Å²) in [6.07, 6.45) is 0. The van der Waals surface area contributed by atoms with E-state index in [0.29, 0.717) is 0 Å². The Balaban J connectivity index is 1.35. The van der Waals surface area contributed by atoms with Gasteiger partial charge in [-0.25, -0.2) is 0 Å². The second-order valence-electron chi connectivity index (χ2n) is 10.5. The zero-order valence-electron chi connectivity index (χ0n) is 21.5. The Hall–Kier alpha value is -5.34. The number of hydrogen-bond donors (Lipinski definition) is 0. The maximum Gasteiger partial charge on any atom is 0.177 e. The first-order valence-corrected chi connectivity index (χ1v) is 13.6. The highest BCUT2D eigenvalue weighted by Gasteiger charge is 2.24. The molecular formula is C38H22O2. The molecule has 0 saturated carbocycles. The number of fused-ring (bicyclic) bond motifs is 4. The molecule has 0 N–H and O–H groups in total. The summed E-state index contributed by atoms with van der Waals surface area (Å²) in [5.74, 6) is 2.98. The lowest BCUT2D eigenvalue weighted by Crippen LogP contribution is -2.00. The second kappa shape index (κ2) is 8.08. The Morgan fingerprint density at radius 3 is 1.68 bits per heavy atom. The molecule has 0 unspecified atom stereocenters. The molecule has 0 fully saturated rings. The Bertz CT molecular complexity index is 2260. The van der Waals surface area contributed by atoms with Crippen molar-refractivity contribution in [3.8, 4) is 45.3 Å². The summed E-state index contributed by atoms with van der Waals surface area (Å²) in [4.78, 5) is 0. The highest BCUT2D eigenvalue weighted by molar-refractivity contribution is 6.28. The third-order valence-electron chi connectivity index (χ3n) is 8.28. The van der Waals surface area contributed by atoms with Gasteiger partial charge in [-0.3, -0.25) is 0 Å². The fourth-order valence-electron chi connectivity index (χ4n) is 6.48. The van der Waals surface area contributed by atoms with Crippen LogP contribution in [0, 0.1) is 0 Å². The van der Waals surface area contributed by atoms with Gasteiger partial charge in [-0.05, 0) is 78.2 Å². The van der Waals surface area contributed by atoms with Crippen molar-refractivity contribution in [2.24, 2.45) is 0 Å². The van der Waals surface area contributed by atoms with Gasteiger partial charge in [0.15, 0.2) is 23.0 Å². The highest BCUT2D eigenvalue weighted by atomic mass is 16.6. The van der Waals surface area contributed by atoms with Crippen LogP contribution in [0.1, 0.15) is 0 Å². The lowest BCUT2D eigenvalue weighted by molar-refractivity contribution is 0.363. The zero-order chi connectivity index (χ0) is 26.2. The smallest absolute Gasteiger partial charge is 0.177 e. The van der Waals surface area contributed by atoms with Crippen molar-refractivity contribution in [1.82, 2.24) is 0 Å². The van der Waals surface area contributed by atoms with E-state index in [1.165, 1.54) is 49.0 Å². The maximum absolute atomic E-state index is 6.41. The molecule has 0 amide bonds. The first kappa shape index (κ1) is 21.6. The molecule has 1 aliphatic heterocycles. The summed E-state index contributed by atoms with van der Waals surface area (Å²) in [5.41, 5.74) is 4.82. The van der Waals surface area contributed by atoms with E-state index < -0.39 is 0 Å². The van der Waals surface area contributed by atoms with Gasteiger partial charge < -0.3 is 9.47 Å². The van der Waals surface area contributed by atoms with Crippen LogP contribution < -0.4 is 9.47 Å². The average Bonchev–Trinajstić information content (AvgIpc) is 3.02. The van der Waals surface area contributed by atoms with Crippen LogP contribution in [0.2, 0.25) is 0 Å². The molecule has 9 rings (SSSR count). The van der Waals surface area contributed by atoms with Gasteiger partial charge in [-0.2, -0.15) is 0 Å². The quantitative estimate of drug-likeness (QED) is 0.215. The molecule has 0 saturated heterocycles. The van der Waals surface area contributed by atoms with Crippen molar-refractivity contribution in [3.63, 3.8) is 0 Å². The molecule has 1 aliphatic rings. The van der Waals surface area contributed by atoms with Crippen LogP contribution in [0.4, 0.5) is 0 Å². The van der Waals surface area contributed by atoms with Gasteiger partial charge >= 0.3 is 0 Å².